The van der Waals surface area contributed by atoms with Gasteiger partial charge in [0.05, 0.1) is 0 Å². The largest absolute Gasteiger partial charge is 0.508 e. The van der Waals surface area contributed by atoms with E-state index < -0.39 is 13.4 Å². The number of benzene rings is 3. The Bertz CT molecular complexity index is 901. The summed E-state index contributed by atoms with van der Waals surface area (Å²) in [7, 11) is -1.46. The predicted octanol–water partition coefficient (Wildman–Crippen LogP) is 4.81. The van der Waals surface area contributed by atoms with E-state index in [1.165, 1.54) is 38.5 Å². The van der Waals surface area contributed by atoms with Gasteiger partial charge in [-0.2, -0.15) is 0 Å². The van der Waals surface area contributed by atoms with E-state index in [4.69, 9.17) is 13.6 Å². The van der Waals surface area contributed by atoms with Crippen LogP contribution >= 0.6 is 7.82 Å². The molecule has 7 heteroatoms. The average Bonchev–Trinajstić information content (AvgIpc) is 2.74. The molecule has 0 heterocycles. The van der Waals surface area contributed by atoms with Gasteiger partial charge in [-0.3, -0.25) is 13.6 Å². The minimum absolute atomic E-state index is 0.0816. The average molecular weight is 400 g/mol. The zero-order valence-electron chi connectivity index (χ0n) is 15.5. The van der Waals surface area contributed by atoms with Crippen LogP contribution in [0.15, 0.2) is 78.9 Å². The molecule has 0 spiro atoms. The van der Waals surface area contributed by atoms with Crippen LogP contribution < -0.4 is 0 Å². The highest BCUT2D eigenvalue weighted by atomic mass is 31.2. The molecule has 6 nitrogen and oxygen atoms in total. The van der Waals surface area contributed by atoms with Crippen molar-refractivity contribution in [3.63, 3.8) is 0 Å². The highest BCUT2D eigenvalue weighted by Gasteiger charge is 2.45. The Kier molecular flexibility index (Phi) is 5.87. The Morgan fingerprint density at radius 2 is 1.07 bits per heavy atom. The summed E-state index contributed by atoms with van der Waals surface area (Å²) in [6, 6.07) is 21.9. The fourth-order valence-electron chi connectivity index (χ4n) is 3.04. The summed E-state index contributed by atoms with van der Waals surface area (Å²) >= 11 is 0. The zero-order chi connectivity index (χ0) is 20.2. The molecule has 0 amide bonds. The number of aromatic hydroxyl groups is 2. The summed E-state index contributed by atoms with van der Waals surface area (Å²) in [4.78, 5) is 0. The van der Waals surface area contributed by atoms with E-state index in [0.717, 1.165) is 0 Å². The van der Waals surface area contributed by atoms with Crippen LogP contribution in [0.4, 0.5) is 0 Å². The lowest BCUT2D eigenvalue weighted by molar-refractivity contribution is 0.0752. The Labute approximate surface area is 163 Å². The third-order valence-electron chi connectivity index (χ3n) is 4.42. The van der Waals surface area contributed by atoms with Crippen LogP contribution in [0.3, 0.4) is 0 Å². The predicted molar refractivity (Wildman–Crippen MR) is 105 cm³/mol. The molecular weight excluding hydrogens is 379 g/mol. The minimum atomic E-state index is -3.95. The second kappa shape index (κ2) is 8.17. The molecule has 0 aliphatic heterocycles. The molecule has 0 fully saturated rings. The Morgan fingerprint density at radius 1 is 0.679 bits per heavy atom. The summed E-state index contributed by atoms with van der Waals surface area (Å²) in [5.41, 5.74) is 0.471. The lowest BCUT2D eigenvalue weighted by Crippen LogP contribution is -2.32. The highest BCUT2D eigenvalue weighted by Crippen LogP contribution is 2.57. The van der Waals surface area contributed by atoms with Crippen molar-refractivity contribution in [2.24, 2.45) is 0 Å². The molecule has 0 aromatic heterocycles. The van der Waals surface area contributed by atoms with Crippen molar-refractivity contribution in [1.29, 1.82) is 0 Å². The third-order valence-corrected chi connectivity index (χ3v) is 5.82. The maximum absolute atomic E-state index is 13.1. The van der Waals surface area contributed by atoms with Gasteiger partial charge in [-0.1, -0.05) is 54.6 Å². The third kappa shape index (κ3) is 3.81. The van der Waals surface area contributed by atoms with Gasteiger partial charge >= 0.3 is 7.82 Å². The molecular formula is C21H21O6P. The summed E-state index contributed by atoms with van der Waals surface area (Å²) in [6.45, 7) is 0. The van der Waals surface area contributed by atoms with Crippen molar-refractivity contribution in [1.82, 2.24) is 0 Å². The van der Waals surface area contributed by atoms with E-state index in [1.54, 1.807) is 24.3 Å². The second-order valence-corrected chi connectivity index (χ2v) is 7.85. The van der Waals surface area contributed by atoms with E-state index in [2.05, 4.69) is 0 Å². The van der Waals surface area contributed by atoms with Crippen LogP contribution in [-0.2, 0) is 23.7 Å². The fourth-order valence-corrected chi connectivity index (χ4v) is 3.99. The van der Waals surface area contributed by atoms with E-state index in [0.29, 0.717) is 16.7 Å². The van der Waals surface area contributed by atoms with Crippen LogP contribution in [0.25, 0.3) is 0 Å². The molecule has 0 bridgehead atoms. The van der Waals surface area contributed by atoms with Gasteiger partial charge in [-0.15, -0.1) is 0 Å². The molecule has 2 N–H and O–H groups in total. The molecule has 0 atom stereocenters. The van der Waals surface area contributed by atoms with E-state index in [9.17, 15) is 14.8 Å². The topological polar surface area (TPSA) is 85.2 Å². The molecule has 3 rings (SSSR count). The summed E-state index contributed by atoms with van der Waals surface area (Å²) in [5.74, 6) is 0.163. The SMILES string of the molecule is COP(=O)(OC)OC(c1ccccc1)(c1ccc(O)cc1)c1ccc(O)cc1. The van der Waals surface area contributed by atoms with E-state index >= 15 is 0 Å². The monoisotopic (exact) mass is 400 g/mol. The van der Waals surface area contributed by atoms with E-state index in [1.807, 2.05) is 30.3 Å². The minimum Gasteiger partial charge on any atom is -0.508 e. The number of phosphoric ester groups is 1. The van der Waals surface area contributed by atoms with Gasteiger partial charge in [0.1, 0.15) is 11.5 Å². The standard InChI is InChI=1S/C21H21O6P/c1-25-28(24,26-2)27-21(16-6-4-3-5-7-16,17-8-12-19(22)13-9-17)18-10-14-20(23)15-11-18/h3-15,22-23H,1-2H3. The van der Waals surface area contributed by atoms with Crippen LogP contribution in [-0.4, -0.2) is 24.4 Å². The number of phenols is 2. The summed E-state index contributed by atoms with van der Waals surface area (Å²) < 4.78 is 29.3. The maximum Gasteiger partial charge on any atom is 0.475 e. The lowest BCUT2D eigenvalue weighted by Gasteiger charge is -2.37. The second-order valence-electron chi connectivity index (χ2n) is 6.04. The molecule has 28 heavy (non-hydrogen) atoms. The van der Waals surface area contributed by atoms with Crippen LogP contribution in [0, 0.1) is 0 Å². The van der Waals surface area contributed by atoms with Gasteiger partial charge < -0.3 is 10.2 Å². The number of phenolic OH excluding ortho intramolecular Hbond substituents is 2. The number of rotatable bonds is 7. The zero-order valence-corrected chi connectivity index (χ0v) is 16.4. The molecule has 0 aliphatic carbocycles. The van der Waals surface area contributed by atoms with Crippen molar-refractivity contribution < 1.29 is 28.3 Å². The molecule has 0 unspecified atom stereocenters. The Balaban J connectivity index is 2.35. The molecule has 3 aromatic carbocycles. The number of hydrogen-bond donors (Lipinski definition) is 2. The first-order valence-corrected chi connectivity index (χ1v) is 9.96. The number of phosphoric acid groups is 1. The van der Waals surface area contributed by atoms with Gasteiger partial charge in [0.15, 0.2) is 5.60 Å². The Hall–Kier alpha value is -2.63. The first-order valence-electron chi connectivity index (χ1n) is 8.50. The maximum atomic E-state index is 13.1. The fraction of sp³-hybridized carbons (Fsp3) is 0.143. The van der Waals surface area contributed by atoms with E-state index in [-0.39, 0.29) is 11.5 Å². The lowest BCUT2D eigenvalue weighted by atomic mass is 9.80. The van der Waals surface area contributed by atoms with Gasteiger partial charge in [-0.25, -0.2) is 4.57 Å². The van der Waals surface area contributed by atoms with Crippen molar-refractivity contribution >= 4 is 7.82 Å². The first-order chi connectivity index (χ1) is 13.4. The Morgan fingerprint density at radius 3 is 1.46 bits per heavy atom. The molecule has 0 radical (unpaired) electrons. The van der Waals surface area contributed by atoms with Crippen molar-refractivity contribution in [3.05, 3.63) is 95.6 Å². The summed E-state index contributed by atoms with van der Waals surface area (Å²) in [6.07, 6.45) is 0. The van der Waals surface area contributed by atoms with Gasteiger partial charge in [0, 0.05) is 14.2 Å². The summed E-state index contributed by atoms with van der Waals surface area (Å²) in [5, 5.41) is 19.5. The van der Waals surface area contributed by atoms with Crippen molar-refractivity contribution in [2.75, 3.05) is 14.2 Å². The molecule has 0 saturated heterocycles. The van der Waals surface area contributed by atoms with Gasteiger partial charge in [0.2, 0.25) is 0 Å². The molecule has 0 aliphatic rings. The molecule has 0 saturated carbocycles. The molecule has 146 valence electrons. The normalized spacial score (nSPS) is 12.1. The quantitative estimate of drug-likeness (QED) is 0.437. The van der Waals surface area contributed by atoms with Crippen molar-refractivity contribution in [3.8, 4) is 11.5 Å². The van der Waals surface area contributed by atoms with Crippen LogP contribution in [0.5, 0.6) is 11.5 Å². The smallest absolute Gasteiger partial charge is 0.475 e. The van der Waals surface area contributed by atoms with Gasteiger partial charge in [-0.05, 0) is 41.0 Å². The number of hydrogen-bond acceptors (Lipinski definition) is 6. The van der Waals surface area contributed by atoms with Gasteiger partial charge in [0.25, 0.3) is 0 Å². The first kappa shape index (κ1) is 20.1. The van der Waals surface area contributed by atoms with Crippen LogP contribution in [0.1, 0.15) is 16.7 Å². The van der Waals surface area contributed by atoms with Crippen molar-refractivity contribution in [2.45, 2.75) is 5.60 Å². The van der Waals surface area contributed by atoms with Crippen LogP contribution in [0.2, 0.25) is 0 Å². The highest BCUT2D eigenvalue weighted by molar-refractivity contribution is 7.48. The molecule has 3 aromatic rings.